The molecule has 176 valence electrons. The van der Waals surface area contributed by atoms with E-state index >= 15 is 0 Å². The van der Waals surface area contributed by atoms with Gasteiger partial charge in [-0.2, -0.15) is 0 Å². The summed E-state index contributed by atoms with van der Waals surface area (Å²) in [5.74, 6) is 2.66. The lowest BCUT2D eigenvalue weighted by Gasteiger charge is -2.25. The van der Waals surface area contributed by atoms with Crippen LogP contribution in [0, 0.1) is 0 Å². The van der Waals surface area contributed by atoms with Gasteiger partial charge in [-0.3, -0.25) is 9.36 Å². The maximum absolute atomic E-state index is 12.9. The van der Waals surface area contributed by atoms with E-state index in [0.717, 1.165) is 29.4 Å². The summed E-state index contributed by atoms with van der Waals surface area (Å²) in [6.45, 7) is 2.29. The first kappa shape index (κ1) is 23.2. The van der Waals surface area contributed by atoms with Crippen LogP contribution in [0.4, 0.5) is 0 Å². The summed E-state index contributed by atoms with van der Waals surface area (Å²) >= 11 is 1.43. The van der Waals surface area contributed by atoms with Crippen molar-refractivity contribution in [3.63, 3.8) is 0 Å². The Bertz CT molecular complexity index is 1060. The third-order valence-electron chi connectivity index (χ3n) is 5.91. The number of ether oxygens (including phenoxy) is 2. The molecule has 0 spiro atoms. The summed E-state index contributed by atoms with van der Waals surface area (Å²) in [7, 11) is 3.19. The first-order valence-electron chi connectivity index (χ1n) is 11.2. The van der Waals surface area contributed by atoms with Crippen molar-refractivity contribution in [3.05, 3.63) is 42.2 Å². The highest BCUT2D eigenvalue weighted by atomic mass is 32.2. The fourth-order valence-corrected chi connectivity index (χ4v) is 5.08. The van der Waals surface area contributed by atoms with E-state index in [1.807, 2.05) is 37.3 Å². The molecule has 4 rings (SSSR count). The summed E-state index contributed by atoms with van der Waals surface area (Å²) in [6.07, 6.45) is 7.44. The summed E-state index contributed by atoms with van der Waals surface area (Å²) in [5.41, 5.74) is 0.934. The van der Waals surface area contributed by atoms with Crippen molar-refractivity contribution in [1.29, 1.82) is 0 Å². The first-order chi connectivity index (χ1) is 16.1. The smallest absolute Gasteiger partial charge is 0.233 e. The van der Waals surface area contributed by atoms with Gasteiger partial charge in [0.15, 0.2) is 22.4 Å². The Hall–Kier alpha value is -2.94. The molecule has 1 aromatic carbocycles. The maximum atomic E-state index is 12.9. The highest BCUT2D eigenvalue weighted by Crippen LogP contribution is 2.36. The lowest BCUT2D eigenvalue weighted by atomic mass is 9.95. The Balaban J connectivity index is 1.45. The Labute approximate surface area is 198 Å². The number of nitrogens with zero attached hydrogens (tertiary/aromatic N) is 3. The van der Waals surface area contributed by atoms with Crippen LogP contribution in [0.25, 0.3) is 11.6 Å². The van der Waals surface area contributed by atoms with Crippen molar-refractivity contribution in [1.82, 2.24) is 20.1 Å². The van der Waals surface area contributed by atoms with Gasteiger partial charge in [0.1, 0.15) is 0 Å². The fourth-order valence-electron chi connectivity index (χ4n) is 4.13. The molecule has 2 aromatic heterocycles. The van der Waals surface area contributed by atoms with Crippen LogP contribution in [0.15, 0.2) is 46.2 Å². The molecule has 0 aliphatic heterocycles. The lowest BCUT2D eigenvalue weighted by molar-refractivity contribution is -0.120. The highest BCUT2D eigenvalue weighted by Gasteiger charge is 2.27. The Morgan fingerprint density at radius 2 is 1.97 bits per heavy atom. The van der Waals surface area contributed by atoms with Crippen LogP contribution >= 0.6 is 11.8 Å². The fraction of sp³-hybridized carbons (Fsp3) is 0.458. The minimum absolute atomic E-state index is 0.0625. The van der Waals surface area contributed by atoms with Gasteiger partial charge in [-0.05, 0) is 49.6 Å². The first-order valence-corrected chi connectivity index (χ1v) is 12.1. The number of rotatable bonds is 9. The predicted molar refractivity (Wildman–Crippen MR) is 127 cm³/mol. The predicted octanol–water partition coefficient (Wildman–Crippen LogP) is 4.86. The molecule has 3 aromatic rings. The molecule has 0 radical (unpaired) electrons. The van der Waals surface area contributed by atoms with Crippen LogP contribution in [0.3, 0.4) is 0 Å². The monoisotopic (exact) mass is 470 g/mol. The average Bonchev–Trinajstić information content (AvgIpc) is 3.53. The molecule has 0 saturated heterocycles. The zero-order chi connectivity index (χ0) is 23.2. The van der Waals surface area contributed by atoms with E-state index < -0.39 is 0 Å². The van der Waals surface area contributed by atoms with Gasteiger partial charge in [-0.25, -0.2) is 0 Å². The van der Waals surface area contributed by atoms with E-state index in [0.29, 0.717) is 29.8 Å². The van der Waals surface area contributed by atoms with Crippen LogP contribution in [-0.4, -0.2) is 40.1 Å². The molecule has 1 amide bonds. The van der Waals surface area contributed by atoms with Crippen molar-refractivity contribution >= 4 is 17.7 Å². The molecule has 1 aliphatic carbocycles. The van der Waals surface area contributed by atoms with E-state index in [9.17, 15) is 4.79 Å². The molecule has 0 bridgehead atoms. The number of methoxy groups -OCH3 is 2. The number of carbonyl (C=O) groups excluding carboxylic acids is 1. The SMILES string of the molecule is COc1ccc(CNC(=O)C(C)Sc2nnc(-c3ccco3)n2C2CCCCC2)cc1OC. The number of benzene rings is 1. The number of furan rings is 1. The second kappa shape index (κ2) is 10.8. The molecule has 9 heteroatoms. The second-order valence-electron chi connectivity index (χ2n) is 8.11. The minimum Gasteiger partial charge on any atom is -0.493 e. The van der Waals surface area contributed by atoms with Gasteiger partial charge in [0, 0.05) is 12.6 Å². The van der Waals surface area contributed by atoms with Gasteiger partial charge in [0.2, 0.25) is 11.7 Å². The number of aromatic nitrogens is 3. The molecule has 33 heavy (non-hydrogen) atoms. The third kappa shape index (κ3) is 5.35. The van der Waals surface area contributed by atoms with Gasteiger partial charge in [0.25, 0.3) is 0 Å². The zero-order valence-corrected chi connectivity index (χ0v) is 20.1. The number of nitrogens with one attached hydrogen (secondary N) is 1. The van der Waals surface area contributed by atoms with Crippen molar-refractivity contribution in [2.45, 2.75) is 62.0 Å². The molecule has 1 fully saturated rings. The van der Waals surface area contributed by atoms with Crippen LogP contribution in [0.5, 0.6) is 11.5 Å². The van der Waals surface area contributed by atoms with Crippen molar-refractivity contribution < 1.29 is 18.7 Å². The topological polar surface area (TPSA) is 91.4 Å². The quantitative estimate of drug-likeness (QED) is 0.447. The van der Waals surface area contributed by atoms with E-state index in [-0.39, 0.29) is 11.2 Å². The van der Waals surface area contributed by atoms with Gasteiger partial charge >= 0.3 is 0 Å². The van der Waals surface area contributed by atoms with Crippen LogP contribution in [0.2, 0.25) is 0 Å². The van der Waals surface area contributed by atoms with E-state index in [1.54, 1.807) is 20.5 Å². The second-order valence-corrected chi connectivity index (χ2v) is 9.42. The van der Waals surface area contributed by atoms with E-state index in [1.165, 1.54) is 31.0 Å². The largest absolute Gasteiger partial charge is 0.493 e. The van der Waals surface area contributed by atoms with E-state index in [2.05, 4.69) is 20.1 Å². The highest BCUT2D eigenvalue weighted by molar-refractivity contribution is 8.00. The summed E-state index contributed by atoms with van der Waals surface area (Å²) in [4.78, 5) is 12.9. The Kier molecular flexibility index (Phi) is 7.59. The number of hydrogen-bond donors (Lipinski definition) is 1. The lowest BCUT2D eigenvalue weighted by Crippen LogP contribution is -2.30. The van der Waals surface area contributed by atoms with Gasteiger partial charge in [-0.1, -0.05) is 37.1 Å². The maximum Gasteiger partial charge on any atom is 0.233 e. The normalized spacial score (nSPS) is 15.2. The molecular weight excluding hydrogens is 440 g/mol. The average molecular weight is 471 g/mol. The molecule has 1 unspecified atom stereocenters. The van der Waals surface area contributed by atoms with Crippen LogP contribution < -0.4 is 14.8 Å². The summed E-state index contributed by atoms with van der Waals surface area (Å²) in [6, 6.07) is 9.68. The number of hydrogen-bond acceptors (Lipinski definition) is 7. The zero-order valence-electron chi connectivity index (χ0n) is 19.2. The van der Waals surface area contributed by atoms with Gasteiger partial charge in [-0.15, -0.1) is 10.2 Å². The standard InChI is InChI=1S/C24H30N4O4S/c1-16(23(29)25-15-17-11-12-19(30-2)21(14-17)31-3)33-24-27-26-22(20-10-7-13-32-20)28(24)18-8-5-4-6-9-18/h7,10-14,16,18H,4-6,8-9,15H2,1-3H3,(H,25,29). The summed E-state index contributed by atoms with van der Waals surface area (Å²) in [5, 5.41) is 12.3. The minimum atomic E-state index is -0.332. The van der Waals surface area contributed by atoms with Crippen molar-refractivity contribution in [2.75, 3.05) is 14.2 Å². The molecule has 1 saturated carbocycles. The van der Waals surface area contributed by atoms with Gasteiger partial charge < -0.3 is 19.2 Å². The third-order valence-corrected chi connectivity index (χ3v) is 6.97. The van der Waals surface area contributed by atoms with Crippen LogP contribution in [-0.2, 0) is 11.3 Å². The van der Waals surface area contributed by atoms with Gasteiger partial charge in [0.05, 0.1) is 25.7 Å². The van der Waals surface area contributed by atoms with Crippen LogP contribution in [0.1, 0.15) is 50.6 Å². The molecular formula is C24H30N4O4S. The molecule has 2 heterocycles. The number of carbonyl (C=O) groups is 1. The number of thioether (sulfide) groups is 1. The Morgan fingerprint density at radius 1 is 1.18 bits per heavy atom. The molecule has 1 atom stereocenters. The van der Waals surface area contributed by atoms with Crippen molar-refractivity contribution in [2.24, 2.45) is 0 Å². The Morgan fingerprint density at radius 3 is 2.67 bits per heavy atom. The molecule has 8 nitrogen and oxygen atoms in total. The van der Waals surface area contributed by atoms with E-state index in [4.69, 9.17) is 13.9 Å². The molecule has 1 aliphatic rings. The molecule has 1 N–H and O–H groups in total. The number of amides is 1. The summed E-state index contributed by atoms with van der Waals surface area (Å²) < 4.78 is 18.4. The van der Waals surface area contributed by atoms with Crippen molar-refractivity contribution in [3.8, 4) is 23.1 Å².